The maximum atomic E-state index is 14.2. The van der Waals surface area contributed by atoms with Crippen LogP contribution in [0.5, 0.6) is 0 Å². The molecule has 3 fully saturated rings. The van der Waals surface area contributed by atoms with Crippen LogP contribution in [-0.4, -0.2) is 65.6 Å². The van der Waals surface area contributed by atoms with Gasteiger partial charge >= 0.3 is 0 Å². The summed E-state index contributed by atoms with van der Waals surface area (Å²) in [6.45, 7) is 8.75. The molecule has 1 saturated carbocycles. The molecule has 1 aromatic heterocycles. The first-order chi connectivity index (χ1) is 16.6. The number of hydrogen-bond donors (Lipinski definition) is 2. The fourth-order valence-electron chi connectivity index (χ4n) is 6.20. The van der Waals surface area contributed by atoms with Gasteiger partial charge in [-0.2, -0.15) is 4.98 Å². The van der Waals surface area contributed by atoms with Crippen LogP contribution in [0.25, 0.3) is 0 Å². The molecule has 2 unspecified atom stereocenters. The number of aromatic nitrogens is 2. The van der Waals surface area contributed by atoms with Crippen LogP contribution in [0.4, 0.5) is 11.8 Å². The molecule has 0 aromatic carbocycles. The van der Waals surface area contributed by atoms with E-state index in [4.69, 9.17) is 4.98 Å². The quantitative estimate of drug-likeness (QED) is 0.579. The highest BCUT2D eigenvalue weighted by Crippen LogP contribution is 2.33. The van der Waals surface area contributed by atoms with Crippen molar-refractivity contribution < 1.29 is 4.79 Å². The van der Waals surface area contributed by atoms with Crippen molar-refractivity contribution in [3.8, 4) is 0 Å². The highest BCUT2D eigenvalue weighted by Gasteiger charge is 2.45. The van der Waals surface area contributed by atoms with Crippen molar-refractivity contribution in [1.29, 1.82) is 0 Å². The fourth-order valence-corrected chi connectivity index (χ4v) is 6.20. The van der Waals surface area contributed by atoms with Crippen LogP contribution in [0.1, 0.15) is 90.9 Å². The van der Waals surface area contributed by atoms with Gasteiger partial charge in [0.15, 0.2) is 0 Å². The molecule has 0 bridgehead atoms. The Labute approximate surface area is 206 Å². The van der Waals surface area contributed by atoms with Crippen molar-refractivity contribution in [3.05, 3.63) is 12.3 Å². The number of piperidine rings is 1. The van der Waals surface area contributed by atoms with Crippen LogP contribution in [-0.2, 0) is 4.79 Å². The lowest BCUT2D eigenvalue weighted by molar-refractivity contribution is -0.145. The Balaban J connectivity index is 1.50. The predicted octanol–water partition coefficient (Wildman–Crippen LogP) is 4.60. The molecular formula is C27H46N6O. The summed E-state index contributed by atoms with van der Waals surface area (Å²) in [7, 11) is 0. The zero-order valence-electron chi connectivity index (χ0n) is 21.5. The second-order valence-corrected chi connectivity index (χ2v) is 10.8. The van der Waals surface area contributed by atoms with Gasteiger partial charge in [0.2, 0.25) is 11.9 Å². The van der Waals surface area contributed by atoms with Gasteiger partial charge in [0.05, 0.1) is 5.41 Å². The average molecular weight is 471 g/mol. The van der Waals surface area contributed by atoms with Crippen LogP contribution in [0.3, 0.4) is 0 Å². The molecule has 2 atom stereocenters. The third-order valence-electron chi connectivity index (χ3n) is 8.37. The molecule has 2 aliphatic heterocycles. The Morgan fingerprint density at radius 1 is 1.09 bits per heavy atom. The molecular weight excluding hydrogens is 424 g/mol. The number of carbonyl (C=O) groups excluding carboxylic acids is 1. The van der Waals surface area contributed by atoms with Crippen LogP contribution in [0.15, 0.2) is 12.3 Å². The van der Waals surface area contributed by atoms with Gasteiger partial charge in [-0.15, -0.1) is 0 Å². The summed E-state index contributed by atoms with van der Waals surface area (Å²) in [5.41, 5.74) is -0.532. The maximum absolute atomic E-state index is 14.2. The lowest BCUT2D eigenvalue weighted by Crippen LogP contribution is -2.59. The summed E-state index contributed by atoms with van der Waals surface area (Å²) < 4.78 is 0. The molecule has 1 amide bonds. The van der Waals surface area contributed by atoms with E-state index in [1.807, 2.05) is 12.3 Å². The Morgan fingerprint density at radius 3 is 2.47 bits per heavy atom. The molecule has 1 aliphatic carbocycles. The van der Waals surface area contributed by atoms with Crippen molar-refractivity contribution in [2.75, 3.05) is 42.9 Å². The molecule has 7 heteroatoms. The van der Waals surface area contributed by atoms with Crippen molar-refractivity contribution >= 4 is 17.7 Å². The molecule has 3 aliphatic rings. The third kappa shape index (κ3) is 6.02. The second-order valence-electron chi connectivity index (χ2n) is 10.8. The molecule has 0 radical (unpaired) electrons. The Kier molecular flexibility index (Phi) is 9.04. The lowest BCUT2D eigenvalue weighted by atomic mass is 9.76. The second kappa shape index (κ2) is 12.2. The summed E-state index contributed by atoms with van der Waals surface area (Å²) in [6, 6.07) is 2.58. The topological polar surface area (TPSA) is 73.4 Å². The van der Waals surface area contributed by atoms with E-state index < -0.39 is 5.41 Å². The summed E-state index contributed by atoms with van der Waals surface area (Å²) in [6.07, 6.45) is 16.4. The molecule has 4 rings (SSSR count). The van der Waals surface area contributed by atoms with Crippen LogP contribution in [0, 0.1) is 5.41 Å². The number of nitrogens with zero attached hydrogens (tertiary/aromatic N) is 4. The molecule has 0 spiro atoms. The minimum Gasteiger partial charge on any atom is -0.356 e. The first-order valence-corrected chi connectivity index (χ1v) is 14.0. The highest BCUT2D eigenvalue weighted by atomic mass is 16.2. The fraction of sp³-hybridized carbons (Fsp3) is 0.815. The first-order valence-electron chi connectivity index (χ1n) is 14.0. The smallest absolute Gasteiger partial charge is 0.232 e. The lowest BCUT2D eigenvalue weighted by Gasteiger charge is -2.45. The Hall–Kier alpha value is -1.89. The molecule has 2 N–H and O–H groups in total. The van der Waals surface area contributed by atoms with Crippen LogP contribution in [0.2, 0.25) is 0 Å². The van der Waals surface area contributed by atoms with E-state index in [1.165, 1.54) is 57.8 Å². The molecule has 3 heterocycles. The average Bonchev–Trinajstić information content (AvgIpc) is 3.19. The van der Waals surface area contributed by atoms with Gasteiger partial charge in [-0.3, -0.25) is 4.79 Å². The normalized spacial score (nSPS) is 24.2. The van der Waals surface area contributed by atoms with Gasteiger partial charge in [-0.25, -0.2) is 4.98 Å². The van der Waals surface area contributed by atoms with Crippen molar-refractivity contribution in [3.63, 3.8) is 0 Å². The van der Waals surface area contributed by atoms with E-state index in [-0.39, 0.29) is 11.9 Å². The molecule has 1 aromatic rings. The van der Waals surface area contributed by atoms with Crippen molar-refractivity contribution in [2.24, 2.45) is 5.41 Å². The zero-order chi connectivity index (χ0) is 23.8. The van der Waals surface area contributed by atoms with Crippen LogP contribution >= 0.6 is 0 Å². The summed E-state index contributed by atoms with van der Waals surface area (Å²) in [5.74, 6) is 1.93. The Morgan fingerprint density at radius 2 is 1.79 bits per heavy atom. The monoisotopic (exact) mass is 470 g/mol. The minimum absolute atomic E-state index is 0.174. The van der Waals surface area contributed by atoms with Crippen molar-refractivity contribution in [2.45, 2.75) is 103 Å². The minimum atomic E-state index is -0.532. The molecule has 190 valence electrons. The number of hydrogen-bond acceptors (Lipinski definition) is 6. The van der Waals surface area contributed by atoms with Crippen LogP contribution < -0.4 is 15.5 Å². The first kappa shape index (κ1) is 25.2. The summed E-state index contributed by atoms with van der Waals surface area (Å²) >= 11 is 0. The highest BCUT2D eigenvalue weighted by molar-refractivity contribution is 5.84. The van der Waals surface area contributed by atoms with Gasteiger partial charge in [0.25, 0.3) is 0 Å². The predicted molar refractivity (Wildman–Crippen MR) is 139 cm³/mol. The standard InChI is InChI=1S/C27H46N6O/c1-3-33(22-13-7-6-8-14-22)25(34)27(2,23-15-9-10-17-28-23)21-30-26-29-18-16-24(31-26)32-19-11-4-5-12-20-32/h16,18,22-23,28H,3-15,17,19-21H2,1-2H3,(H,29,30,31). The molecule has 2 saturated heterocycles. The molecule has 7 nitrogen and oxygen atoms in total. The largest absolute Gasteiger partial charge is 0.356 e. The molecule has 34 heavy (non-hydrogen) atoms. The SMILES string of the molecule is CCN(C(=O)C(C)(CNc1nccc(N2CCCCCC2)n1)C1CCCCN1)C1CCCCC1. The van der Waals surface area contributed by atoms with E-state index in [0.717, 1.165) is 51.3 Å². The van der Waals surface area contributed by atoms with Gasteiger partial charge < -0.3 is 20.4 Å². The van der Waals surface area contributed by atoms with Gasteiger partial charge in [-0.1, -0.05) is 38.5 Å². The Bertz CT molecular complexity index is 768. The number of rotatable bonds is 8. The van der Waals surface area contributed by atoms with E-state index in [2.05, 4.69) is 39.3 Å². The maximum Gasteiger partial charge on any atom is 0.232 e. The van der Waals surface area contributed by atoms with Gasteiger partial charge in [0, 0.05) is 44.5 Å². The number of carbonyl (C=O) groups is 1. The number of nitrogens with one attached hydrogen (secondary N) is 2. The summed E-state index contributed by atoms with van der Waals surface area (Å²) in [4.78, 5) is 28.1. The summed E-state index contributed by atoms with van der Waals surface area (Å²) in [5, 5.41) is 7.20. The van der Waals surface area contributed by atoms with E-state index in [0.29, 0.717) is 18.5 Å². The third-order valence-corrected chi connectivity index (χ3v) is 8.37. The zero-order valence-corrected chi connectivity index (χ0v) is 21.5. The number of anilines is 2. The number of amides is 1. The van der Waals surface area contributed by atoms with Gasteiger partial charge in [-0.05, 0) is 65.0 Å². The van der Waals surface area contributed by atoms with E-state index in [9.17, 15) is 4.79 Å². The van der Waals surface area contributed by atoms with Gasteiger partial charge in [0.1, 0.15) is 5.82 Å². The van der Waals surface area contributed by atoms with Crippen molar-refractivity contribution in [1.82, 2.24) is 20.2 Å². The van der Waals surface area contributed by atoms with E-state index >= 15 is 0 Å². The van der Waals surface area contributed by atoms with E-state index in [1.54, 1.807) is 0 Å².